The SMILES string of the molecule is COc1cccc(C2CNCC2C(=O)N2CCCCC2)c1. The highest BCUT2D eigenvalue weighted by atomic mass is 16.5. The van der Waals surface area contributed by atoms with E-state index in [-0.39, 0.29) is 11.8 Å². The first-order valence-corrected chi connectivity index (χ1v) is 7.93. The molecule has 2 saturated heterocycles. The smallest absolute Gasteiger partial charge is 0.227 e. The van der Waals surface area contributed by atoms with E-state index in [0.717, 1.165) is 44.8 Å². The summed E-state index contributed by atoms with van der Waals surface area (Å²) in [5.41, 5.74) is 1.20. The van der Waals surface area contributed by atoms with Gasteiger partial charge in [-0.2, -0.15) is 0 Å². The van der Waals surface area contributed by atoms with Gasteiger partial charge in [0.25, 0.3) is 0 Å². The van der Waals surface area contributed by atoms with E-state index in [4.69, 9.17) is 4.74 Å². The van der Waals surface area contributed by atoms with Crippen LogP contribution >= 0.6 is 0 Å². The summed E-state index contributed by atoms with van der Waals surface area (Å²) >= 11 is 0. The first-order chi connectivity index (χ1) is 10.3. The van der Waals surface area contributed by atoms with Gasteiger partial charge in [0.15, 0.2) is 0 Å². The highest BCUT2D eigenvalue weighted by Gasteiger charge is 2.36. The molecule has 2 heterocycles. The molecule has 1 N–H and O–H groups in total. The van der Waals surface area contributed by atoms with E-state index in [2.05, 4.69) is 22.3 Å². The highest BCUT2D eigenvalue weighted by molar-refractivity contribution is 5.80. The second-order valence-electron chi connectivity index (χ2n) is 6.03. The van der Waals surface area contributed by atoms with Crippen molar-refractivity contribution in [2.75, 3.05) is 33.3 Å². The Kier molecular flexibility index (Phi) is 4.44. The maximum absolute atomic E-state index is 12.8. The summed E-state index contributed by atoms with van der Waals surface area (Å²) < 4.78 is 5.31. The Morgan fingerprint density at radius 3 is 2.81 bits per heavy atom. The maximum Gasteiger partial charge on any atom is 0.227 e. The molecular weight excluding hydrogens is 264 g/mol. The number of hydrogen-bond donors (Lipinski definition) is 1. The van der Waals surface area contributed by atoms with Crippen LogP contribution in [0.15, 0.2) is 24.3 Å². The van der Waals surface area contributed by atoms with Crippen LogP contribution in [0.25, 0.3) is 0 Å². The van der Waals surface area contributed by atoms with E-state index in [9.17, 15) is 4.79 Å². The number of likely N-dealkylation sites (tertiary alicyclic amines) is 1. The monoisotopic (exact) mass is 288 g/mol. The number of benzene rings is 1. The topological polar surface area (TPSA) is 41.6 Å². The van der Waals surface area contributed by atoms with Crippen molar-refractivity contribution in [3.8, 4) is 5.75 Å². The molecule has 1 aromatic rings. The minimum Gasteiger partial charge on any atom is -0.497 e. The third kappa shape index (κ3) is 3.05. The summed E-state index contributed by atoms with van der Waals surface area (Å²) in [5, 5.41) is 3.39. The Morgan fingerprint density at radius 2 is 2.05 bits per heavy atom. The summed E-state index contributed by atoms with van der Waals surface area (Å²) in [6.45, 7) is 3.52. The number of piperidine rings is 1. The first-order valence-electron chi connectivity index (χ1n) is 7.93. The van der Waals surface area contributed by atoms with Gasteiger partial charge >= 0.3 is 0 Å². The van der Waals surface area contributed by atoms with Gasteiger partial charge in [-0.15, -0.1) is 0 Å². The number of ether oxygens (including phenoxy) is 1. The summed E-state index contributed by atoms with van der Waals surface area (Å²) in [6.07, 6.45) is 3.55. The predicted molar refractivity (Wildman–Crippen MR) is 82.5 cm³/mol. The molecule has 114 valence electrons. The fraction of sp³-hybridized carbons (Fsp3) is 0.588. The summed E-state index contributed by atoms with van der Waals surface area (Å²) in [5.74, 6) is 1.51. The van der Waals surface area contributed by atoms with Gasteiger partial charge in [0.1, 0.15) is 5.75 Å². The van der Waals surface area contributed by atoms with Crippen molar-refractivity contribution in [2.24, 2.45) is 5.92 Å². The number of methoxy groups -OCH3 is 1. The lowest BCUT2D eigenvalue weighted by atomic mass is 9.87. The molecule has 2 aliphatic heterocycles. The summed E-state index contributed by atoms with van der Waals surface area (Å²) in [4.78, 5) is 14.9. The number of nitrogens with zero attached hydrogens (tertiary/aromatic N) is 1. The third-order valence-corrected chi connectivity index (χ3v) is 4.72. The highest BCUT2D eigenvalue weighted by Crippen LogP contribution is 2.32. The maximum atomic E-state index is 12.8. The Labute approximate surface area is 126 Å². The van der Waals surface area contributed by atoms with Crippen molar-refractivity contribution >= 4 is 5.91 Å². The van der Waals surface area contributed by atoms with Crippen LogP contribution in [0.2, 0.25) is 0 Å². The number of carbonyl (C=O) groups is 1. The van der Waals surface area contributed by atoms with E-state index in [1.54, 1.807) is 7.11 Å². The molecule has 0 bridgehead atoms. The summed E-state index contributed by atoms with van der Waals surface area (Å²) in [6, 6.07) is 8.13. The number of carbonyl (C=O) groups excluding carboxylic acids is 1. The number of hydrogen-bond acceptors (Lipinski definition) is 3. The molecule has 3 rings (SSSR count). The van der Waals surface area contributed by atoms with Gasteiger partial charge in [-0.3, -0.25) is 4.79 Å². The Balaban J connectivity index is 1.76. The molecule has 2 atom stereocenters. The van der Waals surface area contributed by atoms with Gasteiger partial charge in [-0.05, 0) is 37.0 Å². The second-order valence-corrected chi connectivity index (χ2v) is 6.03. The van der Waals surface area contributed by atoms with E-state index in [0.29, 0.717) is 5.91 Å². The molecule has 4 nitrogen and oxygen atoms in total. The zero-order valence-corrected chi connectivity index (χ0v) is 12.7. The fourth-order valence-corrected chi connectivity index (χ4v) is 3.51. The first kappa shape index (κ1) is 14.4. The molecule has 0 aliphatic carbocycles. The molecule has 1 amide bonds. The Hall–Kier alpha value is -1.55. The molecule has 2 unspecified atom stereocenters. The average molecular weight is 288 g/mol. The lowest BCUT2D eigenvalue weighted by Gasteiger charge is -2.31. The Bertz CT molecular complexity index is 497. The lowest BCUT2D eigenvalue weighted by molar-refractivity contribution is -0.136. The molecule has 2 fully saturated rings. The van der Waals surface area contributed by atoms with Crippen LogP contribution < -0.4 is 10.1 Å². The van der Waals surface area contributed by atoms with Gasteiger partial charge in [-0.1, -0.05) is 12.1 Å². The molecular formula is C17H24N2O2. The Morgan fingerprint density at radius 1 is 1.24 bits per heavy atom. The average Bonchev–Trinajstić information content (AvgIpc) is 3.04. The van der Waals surface area contributed by atoms with Gasteiger partial charge in [-0.25, -0.2) is 0 Å². The molecule has 0 radical (unpaired) electrons. The van der Waals surface area contributed by atoms with Crippen LogP contribution in [0.3, 0.4) is 0 Å². The quantitative estimate of drug-likeness (QED) is 0.925. The van der Waals surface area contributed by atoms with E-state index in [1.807, 2.05) is 12.1 Å². The zero-order chi connectivity index (χ0) is 14.7. The largest absolute Gasteiger partial charge is 0.497 e. The van der Waals surface area contributed by atoms with E-state index >= 15 is 0 Å². The fourth-order valence-electron chi connectivity index (χ4n) is 3.51. The number of amides is 1. The van der Waals surface area contributed by atoms with Crippen LogP contribution in [0.1, 0.15) is 30.7 Å². The predicted octanol–water partition coefficient (Wildman–Crippen LogP) is 2.01. The van der Waals surface area contributed by atoms with Crippen molar-refractivity contribution < 1.29 is 9.53 Å². The minimum atomic E-state index is 0.0650. The molecule has 2 aliphatic rings. The van der Waals surface area contributed by atoms with Crippen LogP contribution in [0.5, 0.6) is 5.75 Å². The second kappa shape index (κ2) is 6.48. The van der Waals surface area contributed by atoms with Crippen molar-refractivity contribution in [1.82, 2.24) is 10.2 Å². The standard InChI is InChI=1S/C17H24N2O2/c1-21-14-7-5-6-13(10-14)15-11-18-12-16(15)17(20)19-8-3-2-4-9-19/h5-7,10,15-16,18H,2-4,8-9,11-12H2,1H3. The van der Waals surface area contributed by atoms with Crippen molar-refractivity contribution in [2.45, 2.75) is 25.2 Å². The van der Waals surface area contributed by atoms with E-state index in [1.165, 1.54) is 12.0 Å². The van der Waals surface area contributed by atoms with Crippen molar-refractivity contribution in [3.63, 3.8) is 0 Å². The molecule has 1 aromatic carbocycles. The van der Waals surface area contributed by atoms with Gasteiger partial charge in [0.05, 0.1) is 13.0 Å². The lowest BCUT2D eigenvalue weighted by Crippen LogP contribution is -2.41. The van der Waals surface area contributed by atoms with Gasteiger partial charge < -0.3 is 15.0 Å². The number of rotatable bonds is 3. The van der Waals surface area contributed by atoms with Gasteiger partial charge in [0.2, 0.25) is 5.91 Å². The van der Waals surface area contributed by atoms with Crippen LogP contribution in [-0.2, 0) is 4.79 Å². The van der Waals surface area contributed by atoms with E-state index < -0.39 is 0 Å². The van der Waals surface area contributed by atoms with Crippen LogP contribution in [0.4, 0.5) is 0 Å². The molecule has 4 heteroatoms. The molecule has 0 spiro atoms. The molecule has 0 aromatic heterocycles. The van der Waals surface area contributed by atoms with Crippen molar-refractivity contribution in [1.29, 1.82) is 0 Å². The minimum absolute atomic E-state index is 0.0650. The van der Waals surface area contributed by atoms with Crippen molar-refractivity contribution in [3.05, 3.63) is 29.8 Å². The number of nitrogens with one attached hydrogen (secondary N) is 1. The summed E-state index contributed by atoms with van der Waals surface area (Å²) in [7, 11) is 1.68. The van der Waals surface area contributed by atoms with Crippen LogP contribution in [0, 0.1) is 5.92 Å². The molecule has 0 saturated carbocycles. The molecule has 21 heavy (non-hydrogen) atoms. The normalized spacial score (nSPS) is 25.9. The zero-order valence-electron chi connectivity index (χ0n) is 12.7. The van der Waals surface area contributed by atoms with Gasteiger partial charge in [0, 0.05) is 32.1 Å². The third-order valence-electron chi connectivity index (χ3n) is 4.72. The van der Waals surface area contributed by atoms with Crippen LogP contribution in [-0.4, -0.2) is 44.1 Å².